The highest BCUT2D eigenvalue weighted by atomic mass is 16.5. The molecular formula is C23H30N2O5. The van der Waals surface area contributed by atoms with Crippen molar-refractivity contribution in [1.29, 1.82) is 0 Å². The summed E-state index contributed by atoms with van der Waals surface area (Å²) >= 11 is 0. The lowest BCUT2D eigenvalue weighted by Crippen LogP contribution is -2.43. The summed E-state index contributed by atoms with van der Waals surface area (Å²) in [5.41, 5.74) is 2.72. The number of hydrogen-bond acceptors (Lipinski definition) is 6. The number of amides is 1. The number of nitrogens with one attached hydrogen (secondary N) is 1. The number of benzene rings is 2. The highest BCUT2D eigenvalue weighted by Gasteiger charge is 2.24. The van der Waals surface area contributed by atoms with Gasteiger partial charge in [-0.3, -0.25) is 9.69 Å². The lowest BCUT2D eigenvalue weighted by molar-refractivity contribution is 0.0162. The average molecular weight is 415 g/mol. The fourth-order valence-electron chi connectivity index (χ4n) is 3.62. The Bertz CT molecular complexity index is 819. The minimum absolute atomic E-state index is 0.00502. The van der Waals surface area contributed by atoms with Crippen LogP contribution in [0.25, 0.3) is 0 Å². The third-order valence-electron chi connectivity index (χ3n) is 5.26. The Labute approximate surface area is 177 Å². The quantitative estimate of drug-likeness (QED) is 0.680. The fourth-order valence-corrected chi connectivity index (χ4v) is 3.62. The Morgan fingerprint density at radius 2 is 1.73 bits per heavy atom. The predicted octanol–water partition coefficient (Wildman–Crippen LogP) is 2.65. The van der Waals surface area contributed by atoms with Crippen LogP contribution in [0.2, 0.25) is 0 Å². The Kier molecular flexibility index (Phi) is 8.07. The summed E-state index contributed by atoms with van der Waals surface area (Å²) in [6.45, 7) is 3.98. The molecule has 1 saturated heterocycles. The molecule has 2 aromatic carbocycles. The van der Waals surface area contributed by atoms with Gasteiger partial charge in [-0.05, 0) is 35.4 Å². The van der Waals surface area contributed by atoms with E-state index in [4.69, 9.17) is 18.9 Å². The fraction of sp³-hybridized carbons (Fsp3) is 0.435. The van der Waals surface area contributed by atoms with E-state index in [0.29, 0.717) is 43.4 Å². The molecule has 1 unspecified atom stereocenters. The Balaban J connectivity index is 1.75. The second-order valence-corrected chi connectivity index (χ2v) is 7.12. The van der Waals surface area contributed by atoms with Gasteiger partial charge in [-0.15, -0.1) is 0 Å². The molecule has 3 rings (SSSR count). The van der Waals surface area contributed by atoms with Crippen molar-refractivity contribution in [3.8, 4) is 11.5 Å². The molecule has 0 saturated carbocycles. The standard InChI is InChI=1S/C23H30N2O5/c1-27-16-17-4-6-18(7-5-17)23(26)24-15-20(25-10-12-30-13-11-25)19-8-9-21(28-2)22(14-19)29-3/h4-9,14,20H,10-13,15-16H2,1-3H3,(H,24,26). The van der Waals surface area contributed by atoms with Crippen LogP contribution in [0, 0.1) is 0 Å². The molecule has 1 aliphatic rings. The van der Waals surface area contributed by atoms with Crippen molar-refractivity contribution in [2.45, 2.75) is 12.6 Å². The summed E-state index contributed by atoms with van der Waals surface area (Å²) in [6.07, 6.45) is 0. The molecule has 1 amide bonds. The van der Waals surface area contributed by atoms with E-state index in [1.54, 1.807) is 21.3 Å². The molecule has 0 aliphatic carbocycles. The first-order valence-electron chi connectivity index (χ1n) is 10.1. The number of rotatable bonds is 9. The molecule has 0 spiro atoms. The molecular weight excluding hydrogens is 384 g/mol. The van der Waals surface area contributed by atoms with Gasteiger partial charge in [0.05, 0.1) is 40.1 Å². The van der Waals surface area contributed by atoms with E-state index in [1.165, 1.54) is 0 Å². The van der Waals surface area contributed by atoms with Crippen molar-refractivity contribution in [3.05, 3.63) is 59.2 Å². The maximum atomic E-state index is 12.7. The third-order valence-corrected chi connectivity index (χ3v) is 5.26. The van der Waals surface area contributed by atoms with Crippen LogP contribution in [0.4, 0.5) is 0 Å². The highest BCUT2D eigenvalue weighted by Crippen LogP contribution is 2.32. The van der Waals surface area contributed by atoms with Crippen molar-refractivity contribution in [3.63, 3.8) is 0 Å². The van der Waals surface area contributed by atoms with Gasteiger partial charge in [0.1, 0.15) is 0 Å². The van der Waals surface area contributed by atoms with Gasteiger partial charge < -0.3 is 24.3 Å². The second kappa shape index (κ2) is 11.0. The van der Waals surface area contributed by atoms with Crippen molar-refractivity contribution in [2.24, 2.45) is 0 Å². The molecule has 7 heteroatoms. The van der Waals surface area contributed by atoms with Crippen LogP contribution in [-0.4, -0.2) is 65.0 Å². The third kappa shape index (κ3) is 5.50. The molecule has 0 bridgehead atoms. The van der Waals surface area contributed by atoms with Crippen molar-refractivity contribution >= 4 is 5.91 Å². The molecule has 0 radical (unpaired) electrons. The van der Waals surface area contributed by atoms with Crippen LogP contribution in [0.15, 0.2) is 42.5 Å². The average Bonchev–Trinajstić information content (AvgIpc) is 2.80. The van der Waals surface area contributed by atoms with Crippen LogP contribution in [0.1, 0.15) is 27.5 Å². The molecule has 1 heterocycles. The van der Waals surface area contributed by atoms with E-state index in [2.05, 4.69) is 10.2 Å². The largest absolute Gasteiger partial charge is 0.493 e. The summed E-state index contributed by atoms with van der Waals surface area (Å²) in [5.74, 6) is 1.26. The van der Waals surface area contributed by atoms with Crippen LogP contribution < -0.4 is 14.8 Å². The first kappa shape index (κ1) is 22.1. The normalized spacial score (nSPS) is 15.4. The number of carbonyl (C=O) groups excluding carboxylic acids is 1. The van der Waals surface area contributed by atoms with Gasteiger partial charge in [-0.1, -0.05) is 18.2 Å². The van der Waals surface area contributed by atoms with Gasteiger partial charge >= 0.3 is 0 Å². The first-order chi connectivity index (χ1) is 14.7. The van der Waals surface area contributed by atoms with Crippen molar-refractivity contribution in [1.82, 2.24) is 10.2 Å². The van der Waals surface area contributed by atoms with Gasteiger partial charge in [0.2, 0.25) is 0 Å². The molecule has 162 valence electrons. The summed E-state index contributed by atoms with van der Waals surface area (Å²) in [5, 5.41) is 3.09. The summed E-state index contributed by atoms with van der Waals surface area (Å²) < 4.78 is 21.5. The van der Waals surface area contributed by atoms with Gasteiger partial charge in [0, 0.05) is 32.3 Å². The molecule has 1 aliphatic heterocycles. The maximum Gasteiger partial charge on any atom is 0.251 e. The van der Waals surface area contributed by atoms with E-state index in [0.717, 1.165) is 24.2 Å². The molecule has 1 fully saturated rings. The first-order valence-corrected chi connectivity index (χ1v) is 10.1. The van der Waals surface area contributed by atoms with Crippen molar-refractivity contribution in [2.75, 3.05) is 54.2 Å². The SMILES string of the molecule is COCc1ccc(C(=O)NCC(c2ccc(OC)c(OC)c2)N2CCOCC2)cc1. The van der Waals surface area contributed by atoms with Gasteiger partial charge in [-0.25, -0.2) is 0 Å². The van der Waals surface area contributed by atoms with Crippen LogP contribution in [0.3, 0.4) is 0 Å². The minimum atomic E-state index is -0.0993. The maximum absolute atomic E-state index is 12.7. The van der Waals surface area contributed by atoms with Crippen molar-refractivity contribution < 1.29 is 23.7 Å². The number of ether oxygens (including phenoxy) is 4. The zero-order valence-corrected chi connectivity index (χ0v) is 17.8. The predicted molar refractivity (Wildman–Crippen MR) is 114 cm³/mol. The smallest absolute Gasteiger partial charge is 0.251 e. The molecule has 2 aromatic rings. The summed E-state index contributed by atoms with van der Waals surface area (Å²) in [6, 6.07) is 13.4. The van der Waals surface area contributed by atoms with Crippen LogP contribution >= 0.6 is 0 Å². The van der Waals surface area contributed by atoms with Crippen LogP contribution in [-0.2, 0) is 16.1 Å². The van der Waals surface area contributed by atoms with E-state index in [9.17, 15) is 4.79 Å². The van der Waals surface area contributed by atoms with Gasteiger partial charge in [-0.2, -0.15) is 0 Å². The Morgan fingerprint density at radius 3 is 2.37 bits per heavy atom. The molecule has 0 aromatic heterocycles. The van der Waals surface area contributed by atoms with E-state index in [-0.39, 0.29) is 11.9 Å². The minimum Gasteiger partial charge on any atom is -0.493 e. The van der Waals surface area contributed by atoms with E-state index >= 15 is 0 Å². The highest BCUT2D eigenvalue weighted by molar-refractivity contribution is 5.94. The number of morpholine rings is 1. The molecule has 1 atom stereocenters. The molecule has 1 N–H and O–H groups in total. The summed E-state index contributed by atoms with van der Waals surface area (Å²) in [7, 11) is 4.90. The van der Waals surface area contributed by atoms with E-state index in [1.807, 2.05) is 42.5 Å². The Morgan fingerprint density at radius 1 is 1.03 bits per heavy atom. The zero-order chi connectivity index (χ0) is 21.3. The number of nitrogens with zero attached hydrogens (tertiary/aromatic N) is 1. The summed E-state index contributed by atoms with van der Waals surface area (Å²) in [4.78, 5) is 15.1. The Hall–Kier alpha value is -2.61. The number of carbonyl (C=O) groups is 1. The number of methoxy groups -OCH3 is 3. The van der Waals surface area contributed by atoms with Crippen LogP contribution in [0.5, 0.6) is 11.5 Å². The lowest BCUT2D eigenvalue weighted by atomic mass is 10.0. The van der Waals surface area contributed by atoms with Gasteiger partial charge in [0.25, 0.3) is 5.91 Å². The topological polar surface area (TPSA) is 69.3 Å². The van der Waals surface area contributed by atoms with Gasteiger partial charge in [0.15, 0.2) is 11.5 Å². The molecule has 30 heavy (non-hydrogen) atoms. The molecule has 7 nitrogen and oxygen atoms in total. The zero-order valence-electron chi connectivity index (χ0n) is 17.8. The second-order valence-electron chi connectivity index (χ2n) is 7.12. The van der Waals surface area contributed by atoms with E-state index < -0.39 is 0 Å². The lowest BCUT2D eigenvalue weighted by Gasteiger charge is -2.35. The number of hydrogen-bond donors (Lipinski definition) is 1. The monoisotopic (exact) mass is 414 g/mol.